The molecule has 0 unspecified atom stereocenters. The van der Waals surface area contributed by atoms with Gasteiger partial charge in [-0.3, -0.25) is 0 Å². The van der Waals surface area contributed by atoms with Gasteiger partial charge in [-0.1, -0.05) is 44.2 Å². The highest BCUT2D eigenvalue weighted by Gasteiger charge is 2.14. The number of furan rings is 1. The normalized spacial score (nSPS) is 11.2. The summed E-state index contributed by atoms with van der Waals surface area (Å²) in [6.45, 7) is 4.29. The first kappa shape index (κ1) is 10.9. The zero-order chi connectivity index (χ0) is 12.7. The summed E-state index contributed by atoms with van der Waals surface area (Å²) in [4.78, 5) is 0. The Balaban J connectivity index is 2.51. The molecule has 3 aromatic rings. The van der Waals surface area contributed by atoms with Gasteiger partial charge in [0, 0.05) is 10.8 Å². The number of nitrogens with zero attached hydrogens (tertiary/aromatic N) is 1. The van der Waals surface area contributed by atoms with Crippen LogP contribution >= 0.6 is 0 Å². The van der Waals surface area contributed by atoms with Crippen LogP contribution in [0.5, 0.6) is 0 Å². The third-order valence-corrected chi connectivity index (χ3v) is 3.30. The van der Waals surface area contributed by atoms with Crippen LogP contribution in [-0.4, -0.2) is 0 Å². The van der Waals surface area contributed by atoms with Crippen LogP contribution in [0.1, 0.15) is 30.9 Å². The third-order valence-electron chi connectivity index (χ3n) is 3.30. The highest BCUT2D eigenvalue weighted by atomic mass is 16.3. The van der Waals surface area contributed by atoms with Crippen LogP contribution in [-0.2, 0) is 0 Å². The molecule has 2 aromatic carbocycles. The average Bonchev–Trinajstić information content (AvgIpc) is 2.76. The molecular weight excluding hydrogens is 222 g/mol. The molecule has 0 saturated heterocycles. The van der Waals surface area contributed by atoms with Crippen LogP contribution < -0.4 is 0 Å². The fourth-order valence-corrected chi connectivity index (χ4v) is 2.38. The molecular formula is C16H13NO. The zero-order valence-electron chi connectivity index (χ0n) is 10.4. The van der Waals surface area contributed by atoms with Crippen molar-refractivity contribution in [2.45, 2.75) is 19.8 Å². The van der Waals surface area contributed by atoms with E-state index in [1.807, 2.05) is 24.3 Å². The number of hydrogen-bond donors (Lipinski definition) is 0. The summed E-state index contributed by atoms with van der Waals surface area (Å²) < 4.78 is 5.94. The van der Waals surface area contributed by atoms with E-state index in [0.717, 1.165) is 16.4 Å². The summed E-state index contributed by atoms with van der Waals surface area (Å²) in [6, 6.07) is 14.1. The molecule has 1 heterocycles. The van der Waals surface area contributed by atoms with Crippen molar-refractivity contribution in [3.05, 3.63) is 47.5 Å². The summed E-state index contributed by atoms with van der Waals surface area (Å²) in [6.07, 6.45) is 0. The van der Waals surface area contributed by atoms with E-state index < -0.39 is 0 Å². The molecule has 88 valence electrons. The van der Waals surface area contributed by atoms with Crippen LogP contribution in [0.2, 0.25) is 0 Å². The van der Waals surface area contributed by atoms with Gasteiger partial charge in [0.25, 0.3) is 0 Å². The number of benzene rings is 2. The molecule has 2 nitrogen and oxygen atoms in total. The minimum atomic E-state index is 0.403. The Kier molecular flexibility index (Phi) is 2.34. The Morgan fingerprint density at radius 2 is 1.67 bits per heavy atom. The zero-order valence-corrected chi connectivity index (χ0v) is 10.4. The van der Waals surface area contributed by atoms with Crippen LogP contribution in [0.15, 0.2) is 40.8 Å². The maximum absolute atomic E-state index is 9.13. The predicted octanol–water partition coefficient (Wildman–Crippen LogP) is 4.58. The van der Waals surface area contributed by atoms with E-state index in [0.29, 0.717) is 17.1 Å². The second kappa shape index (κ2) is 3.89. The van der Waals surface area contributed by atoms with E-state index in [-0.39, 0.29) is 0 Å². The molecule has 0 aliphatic heterocycles. The van der Waals surface area contributed by atoms with Crippen LogP contribution in [0, 0.1) is 11.3 Å². The fraction of sp³-hybridized carbons (Fsp3) is 0.188. The van der Waals surface area contributed by atoms with Crippen molar-refractivity contribution in [2.75, 3.05) is 0 Å². The summed E-state index contributed by atoms with van der Waals surface area (Å²) in [5, 5.41) is 11.2. The lowest BCUT2D eigenvalue weighted by molar-refractivity contribution is 0.656. The lowest BCUT2D eigenvalue weighted by Crippen LogP contribution is -1.86. The molecule has 3 rings (SSSR count). The molecule has 0 aliphatic rings. The van der Waals surface area contributed by atoms with Crippen molar-refractivity contribution in [1.29, 1.82) is 5.26 Å². The molecule has 0 spiro atoms. The smallest absolute Gasteiger partial charge is 0.153 e. The molecule has 0 amide bonds. The highest BCUT2D eigenvalue weighted by Crippen LogP contribution is 2.34. The van der Waals surface area contributed by atoms with Gasteiger partial charge in [-0.25, -0.2) is 0 Å². The van der Waals surface area contributed by atoms with E-state index in [2.05, 4.69) is 26.0 Å². The van der Waals surface area contributed by atoms with Gasteiger partial charge in [0.15, 0.2) is 5.58 Å². The second-order valence-electron chi connectivity index (χ2n) is 4.77. The topological polar surface area (TPSA) is 36.9 Å². The van der Waals surface area contributed by atoms with Crippen molar-refractivity contribution < 1.29 is 4.42 Å². The Morgan fingerprint density at radius 1 is 1.00 bits per heavy atom. The lowest BCUT2D eigenvalue weighted by atomic mass is 10.00. The van der Waals surface area contributed by atoms with E-state index in [4.69, 9.17) is 9.68 Å². The van der Waals surface area contributed by atoms with E-state index in [1.54, 1.807) is 6.07 Å². The van der Waals surface area contributed by atoms with E-state index in [9.17, 15) is 0 Å². The molecule has 0 atom stereocenters. The number of rotatable bonds is 1. The van der Waals surface area contributed by atoms with Gasteiger partial charge in [0.1, 0.15) is 11.7 Å². The Bertz CT molecular complexity index is 775. The second-order valence-corrected chi connectivity index (χ2v) is 4.77. The lowest BCUT2D eigenvalue weighted by Gasteiger charge is -2.04. The molecule has 1 aromatic heterocycles. The van der Waals surface area contributed by atoms with Gasteiger partial charge in [-0.2, -0.15) is 5.26 Å². The number of nitriles is 1. The maximum Gasteiger partial charge on any atom is 0.153 e. The highest BCUT2D eigenvalue weighted by molar-refractivity contribution is 6.07. The molecule has 0 saturated carbocycles. The van der Waals surface area contributed by atoms with Gasteiger partial charge < -0.3 is 4.42 Å². The van der Waals surface area contributed by atoms with Crippen LogP contribution in [0.25, 0.3) is 21.9 Å². The minimum absolute atomic E-state index is 0.403. The van der Waals surface area contributed by atoms with E-state index >= 15 is 0 Å². The van der Waals surface area contributed by atoms with Gasteiger partial charge in [0.05, 0.1) is 5.56 Å². The third kappa shape index (κ3) is 1.41. The van der Waals surface area contributed by atoms with Gasteiger partial charge in [-0.05, 0) is 17.5 Å². The molecule has 2 heteroatoms. The minimum Gasteiger partial charge on any atom is -0.454 e. The van der Waals surface area contributed by atoms with Gasteiger partial charge >= 0.3 is 0 Å². The van der Waals surface area contributed by atoms with Crippen LogP contribution in [0.3, 0.4) is 0 Å². The molecule has 0 aliphatic carbocycles. The largest absolute Gasteiger partial charge is 0.454 e. The van der Waals surface area contributed by atoms with E-state index in [1.165, 1.54) is 5.56 Å². The summed E-state index contributed by atoms with van der Waals surface area (Å²) in [5.41, 5.74) is 3.39. The van der Waals surface area contributed by atoms with Crippen LogP contribution in [0.4, 0.5) is 0 Å². The quantitative estimate of drug-likeness (QED) is 0.619. The first-order valence-electron chi connectivity index (χ1n) is 6.06. The van der Waals surface area contributed by atoms with Crippen molar-refractivity contribution in [3.63, 3.8) is 0 Å². The van der Waals surface area contributed by atoms with Crippen molar-refractivity contribution in [3.8, 4) is 6.07 Å². The maximum atomic E-state index is 9.13. The monoisotopic (exact) mass is 235 g/mol. The molecule has 0 radical (unpaired) electrons. The Morgan fingerprint density at radius 3 is 2.33 bits per heavy atom. The molecule has 0 fully saturated rings. The van der Waals surface area contributed by atoms with Crippen molar-refractivity contribution in [2.24, 2.45) is 0 Å². The number of fused-ring (bicyclic) bond motifs is 3. The Hall–Kier alpha value is -2.27. The molecule has 18 heavy (non-hydrogen) atoms. The predicted molar refractivity (Wildman–Crippen MR) is 72.5 cm³/mol. The first-order valence-corrected chi connectivity index (χ1v) is 6.06. The first-order chi connectivity index (χ1) is 8.72. The van der Waals surface area contributed by atoms with Gasteiger partial charge in [-0.15, -0.1) is 0 Å². The Labute approximate surface area is 105 Å². The number of para-hydroxylation sites is 2. The SMILES string of the molecule is CC(C)c1cccc2c1oc1c(C#N)cccc12. The molecule has 0 N–H and O–H groups in total. The summed E-state index contributed by atoms with van der Waals surface area (Å²) >= 11 is 0. The van der Waals surface area contributed by atoms with Crippen molar-refractivity contribution in [1.82, 2.24) is 0 Å². The average molecular weight is 235 g/mol. The standard InChI is InChI=1S/C16H13NO/c1-10(2)12-6-4-8-14-13-7-3-5-11(9-17)15(13)18-16(12)14/h3-8,10H,1-2H3. The number of hydrogen-bond acceptors (Lipinski definition) is 2. The molecule has 0 bridgehead atoms. The van der Waals surface area contributed by atoms with Crippen molar-refractivity contribution >= 4 is 21.9 Å². The van der Waals surface area contributed by atoms with Gasteiger partial charge in [0.2, 0.25) is 0 Å². The summed E-state index contributed by atoms with van der Waals surface area (Å²) in [5.74, 6) is 0.403. The summed E-state index contributed by atoms with van der Waals surface area (Å²) in [7, 11) is 0. The fourth-order valence-electron chi connectivity index (χ4n) is 2.38.